The van der Waals surface area contributed by atoms with Crippen LogP contribution in [0.2, 0.25) is 0 Å². The van der Waals surface area contributed by atoms with Crippen molar-refractivity contribution >= 4 is 48.9 Å². The molecule has 23 heavy (non-hydrogen) atoms. The van der Waals surface area contributed by atoms with Crippen LogP contribution in [0.4, 0.5) is 5.82 Å². The van der Waals surface area contributed by atoms with Gasteiger partial charge in [-0.2, -0.15) is 5.10 Å². The Hall–Kier alpha value is -1.99. The molecule has 1 N–H and O–H groups in total. The minimum absolute atomic E-state index is 0.752. The number of thiazole rings is 1. The van der Waals surface area contributed by atoms with Gasteiger partial charge in [-0.05, 0) is 32.4 Å². The van der Waals surface area contributed by atoms with Gasteiger partial charge in [0.15, 0.2) is 5.82 Å². The molecule has 0 bridgehead atoms. The first-order valence-electron chi connectivity index (χ1n) is 7.41. The van der Waals surface area contributed by atoms with Crippen LogP contribution >= 0.6 is 22.7 Å². The molecule has 7 heteroatoms. The largest absolute Gasteiger partial charge is 0.362 e. The van der Waals surface area contributed by atoms with Gasteiger partial charge in [0, 0.05) is 23.0 Å². The molecule has 0 aliphatic rings. The van der Waals surface area contributed by atoms with Crippen molar-refractivity contribution in [2.24, 2.45) is 7.05 Å². The molecule has 0 saturated carbocycles. The third-order valence-electron chi connectivity index (χ3n) is 4.01. The topological polar surface area (TPSA) is 55.6 Å². The summed E-state index contributed by atoms with van der Waals surface area (Å²) in [5.41, 5.74) is 6.45. The van der Waals surface area contributed by atoms with E-state index in [0.29, 0.717) is 0 Å². The fraction of sp³-hybridized carbons (Fsp3) is 0.312. The molecule has 0 fully saturated rings. The molecular weight excluding hydrogens is 326 g/mol. The van der Waals surface area contributed by atoms with Crippen molar-refractivity contribution in [2.75, 3.05) is 5.32 Å². The highest BCUT2D eigenvalue weighted by atomic mass is 32.1. The molecule has 0 atom stereocenters. The summed E-state index contributed by atoms with van der Waals surface area (Å²) in [4.78, 5) is 11.3. The molecule has 0 unspecified atom stereocenters. The van der Waals surface area contributed by atoms with Crippen LogP contribution in [-0.4, -0.2) is 19.7 Å². The van der Waals surface area contributed by atoms with Gasteiger partial charge in [0.1, 0.15) is 4.83 Å². The molecule has 4 aromatic heterocycles. The number of pyridine rings is 1. The summed E-state index contributed by atoms with van der Waals surface area (Å²) in [7, 11) is 2.00. The lowest BCUT2D eigenvalue weighted by Gasteiger charge is -2.01. The molecule has 0 amide bonds. The SMILES string of the molecule is Cc1cc(C)c2c(n1)sc1c(NCc3scnc3C)nn(C)c12. The molecule has 0 aliphatic heterocycles. The van der Waals surface area contributed by atoms with Crippen LogP contribution in [0.25, 0.3) is 20.4 Å². The summed E-state index contributed by atoms with van der Waals surface area (Å²) in [5.74, 6) is 0.926. The van der Waals surface area contributed by atoms with E-state index in [1.807, 2.05) is 31.1 Å². The van der Waals surface area contributed by atoms with E-state index in [-0.39, 0.29) is 0 Å². The molecule has 4 heterocycles. The first-order valence-corrected chi connectivity index (χ1v) is 9.10. The quantitative estimate of drug-likeness (QED) is 0.606. The Balaban J connectivity index is 1.82. The lowest BCUT2D eigenvalue weighted by atomic mass is 10.1. The number of hydrogen-bond acceptors (Lipinski definition) is 6. The number of nitrogens with one attached hydrogen (secondary N) is 1. The molecule has 4 aromatic rings. The smallest absolute Gasteiger partial charge is 0.166 e. The summed E-state index contributed by atoms with van der Waals surface area (Å²) in [5, 5.41) is 9.35. The lowest BCUT2D eigenvalue weighted by Crippen LogP contribution is -2.01. The number of aryl methyl sites for hydroxylation is 4. The van der Waals surface area contributed by atoms with Crippen molar-refractivity contribution in [3.8, 4) is 0 Å². The average Bonchev–Trinajstić information content (AvgIpc) is 3.13. The second-order valence-electron chi connectivity index (χ2n) is 5.73. The van der Waals surface area contributed by atoms with Crippen LogP contribution in [-0.2, 0) is 13.6 Å². The number of hydrogen-bond donors (Lipinski definition) is 1. The number of anilines is 1. The summed E-state index contributed by atoms with van der Waals surface area (Å²) in [6.45, 7) is 6.98. The molecular formula is C16H17N5S2. The maximum atomic E-state index is 4.69. The van der Waals surface area contributed by atoms with Crippen molar-refractivity contribution < 1.29 is 0 Å². The zero-order valence-corrected chi connectivity index (χ0v) is 15.1. The number of aromatic nitrogens is 4. The van der Waals surface area contributed by atoms with Gasteiger partial charge in [0.25, 0.3) is 0 Å². The molecule has 118 valence electrons. The molecule has 5 nitrogen and oxygen atoms in total. The van der Waals surface area contributed by atoms with Crippen molar-refractivity contribution in [2.45, 2.75) is 27.3 Å². The summed E-state index contributed by atoms with van der Waals surface area (Å²) < 4.78 is 3.13. The number of rotatable bonds is 3. The number of fused-ring (bicyclic) bond motifs is 3. The fourth-order valence-corrected chi connectivity index (χ4v) is 4.91. The van der Waals surface area contributed by atoms with Gasteiger partial charge in [0.05, 0.1) is 28.0 Å². The van der Waals surface area contributed by atoms with E-state index in [1.54, 1.807) is 22.7 Å². The highest BCUT2D eigenvalue weighted by molar-refractivity contribution is 7.26. The molecule has 0 radical (unpaired) electrons. The van der Waals surface area contributed by atoms with Crippen LogP contribution < -0.4 is 5.32 Å². The first kappa shape index (κ1) is 14.6. The second kappa shape index (κ2) is 5.28. The van der Waals surface area contributed by atoms with E-state index in [0.717, 1.165) is 28.6 Å². The van der Waals surface area contributed by atoms with Gasteiger partial charge in [0.2, 0.25) is 0 Å². The molecule has 0 aliphatic carbocycles. The molecule has 0 aromatic carbocycles. The van der Waals surface area contributed by atoms with Gasteiger partial charge in [-0.1, -0.05) is 0 Å². The van der Waals surface area contributed by atoms with Crippen LogP contribution in [0, 0.1) is 20.8 Å². The normalized spacial score (nSPS) is 11.7. The maximum absolute atomic E-state index is 4.69. The molecule has 4 rings (SSSR count). The Bertz CT molecular complexity index is 1020. The van der Waals surface area contributed by atoms with Crippen molar-refractivity contribution in [1.29, 1.82) is 0 Å². The molecule has 0 spiro atoms. The van der Waals surface area contributed by atoms with Gasteiger partial charge in [-0.3, -0.25) is 4.68 Å². The minimum atomic E-state index is 0.752. The number of thiophene rings is 1. The monoisotopic (exact) mass is 343 g/mol. The molecule has 0 saturated heterocycles. The van der Waals surface area contributed by atoms with Crippen LogP contribution in [0.15, 0.2) is 11.6 Å². The predicted octanol–water partition coefficient (Wildman–Crippen LogP) is 4.18. The van der Waals surface area contributed by atoms with Crippen molar-refractivity contribution in [1.82, 2.24) is 19.7 Å². The van der Waals surface area contributed by atoms with E-state index in [2.05, 4.69) is 28.4 Å². The summed E-state index contributed by atoms with van der Waals surface area (Å²) in [6.07, 6.45) is 0. The van der Waals surface area contributed by atoms with E-state index in [9.17, 15) is 0 Å². The Morgan fingerprint density at radius 3 is 2.83 bits per heavy atom. The van der Waals surface area contributed by atoms with E-state index in [4.69, 9.17) is 4.98 Å². The third-order valence-corrected chi connectivity index (χ3v) is 6.03. The first-order chi connectivity index (χ1) is 11.0. The predicted molar refractivity (Wildman–Crippen MR) is 97.5 cm³/mol. The van der Waals surface area contributed by atoms with Crippen LogP contribution in [0.1, 0.15) is 21.8 Å². The van der Waals surface area contributed by atoms with Crippen molar-refractivity contribution in [3.05, 3.63) is 33.4 Å². The van der Waals surface area contributed by atoms with Gasteiger partial charge < -0.3 is 5.32 Å². The summed E-state index contributed by atoms with van der Waals surface area (Å²) in [6, 6.07) is 2.13. The van der Waals surface area contributed by atoms with Crippen LogP contribution in [0.3, 0.4) is 0 Å². The maximum Gasteiger partial charge on any atom is 0.166 e. The standard InChI is InChI=1S/C16H17N5S2/c1-8-5-9(2)19-16-12(8)13-14(23-16)15(20-21(13)4)17-6-11-10(3)18-7-22-11/h5,7H,6H2,1-4H3,(H,17,20). The second-order valence-corrected chi connectivity index (χ2v) is 7.67. The van der Waals surface area contributed by atoms with Gasteiger partial charge in [-0.25, -0.2) is 9.97 Å². The lowest BCUT2D eigenvalue weighted by molar-refractivity contribution is 0.799. The summed E-state index contributed by atoms with van der Waals surface area (Å²) >= 11 is 3.38. The highest BCUT2D eigenvalue weighted by Crippen LogP contribution is 2.38. The Morgan fingerprint density at radius 2 is 2.09 bits per heavy atom. The average molecular weight is 343 g/mol. The Labute approximate surface area is 142 Å². The van der Waals surface area contributed by atoms with Gasteiger partial charge >= 0.3 is 0 Å². The zero-order valence-electron chi connectivity index (χ0n) is 13.5. The minimum Gasteiger partial charge on any atom is -0.362 e. The van der Waals surface area contributed by atoms with Crippen LogP contribution in [0.5, 0.6) is 0 Å². The zero-order chi connectivity index (χ0) is 16.1. The number of nitrogens with zero attached hydrogens (tertiary/aromatic N) is 4. The van der Waals surface area contributed by atoms with E-state index < -0.39 is 0 Å². The fourth-order valence-electron chi connectivity index (χ4n) is 2.91. The van der Waals surface area contributed by atoms with E-state index >= 15 is 0 Å². The van der Waals surface area contributed by atoms with E-state index in [1.165, 1.54) is 26.0 Å². The van der Waals surface area contributed by atoms with Gasteiger partial charge in [-0.15, -0.1) is 22.7 Å². The third kappa shape index (κ3) is 2.31. The Morgan fingerprint density at radius 1 is 1.26 bits per heavy atom. The Kier molecular flexibility index (Phi) is 3.35. The van der Waals surface area contributed by atoms with Crippen molar-refractivity contribution in [3.63, 3.8) is 0 Å². The highest BCUT2D eigenvalue weighted by Gasteiger charge is 2.18.